The summed E-state index contributed by atoms with van der Waals surface area (Å²) in [5.74, 6) is 0.0459. The molecule has 3 rings (SSSR count). The lowest BCUT2D eigenvalue weighted by Crippen LogP contribution is -2.48. The molecule has 3 fully saturated rings. The number of piperidine rings is 1. The lowest BCUT2D eigenvalue weighted by Gasteiger charge is -2.34. The molecule has 0 spiro atoms. The summed E-state index contributed by atoms with van der Waals surface area (Å²) in [7, 11) is -3.17. The maximum absolute atomic E-state index is 12.5. The Hall–Kier alpha value is -0.660. The van der Waals surface area contributed by atoms with E-state index >= 15 is 0 Å². The van der Waals surface area contributed by atoms with Crippen molar-refractivity contribution in [2.75, 3.05) is 32.8 Å². The first-order valence-corrected chi connectivity index (χ1v) is 9.49. The molecule has 21 heavy (non-hydrogen) atoms. The van der Waals surface area contributed by atoms with Gasteiger partial charge in [0.2, 0.25) is 10.0 Å². The summed E-state index contributed by atoms with van der Waals surface area (Å²) in [4.78, 5) is 14.0. The zero-order chi connectivity index (χ0) is 14.9. The largest absolute Gasteiger partial charge is 0.368 e. The van der Waals surface area contributed by atoms with E-state index in [9.17, 15) is 13.2 Å². The minimum absolute atomic E-state index is 0.0459. The normalized spacial score (nSPS) is 29.1. The molecule has 6 nitrogen and oxygen atoms in total. The van der Waals surface area contributed by atoms with Crippen molar-refractivity contribution in [2.45, 2.75) is 49.9 Å². The van der Waals surface area contributed by atoms with Crippen molar-refractivity contribution >= 4 is 15.9 Å². The fourth-order valence-corrected chi connectivity index (χ4v) is 5.50. The molecule has 0 bridgehead atoms. The lowest BCUT2D eigenvalue weighted by molar-refractivity contribution is -0.141. The molecule has 0 radical (unpaired) electrons. The van der Waals surface area contributed by atoms with Crippen LogP contribution in [0.2, 0.25) is 0 Å². The number of rotatable bonds is 3. The minimum Gasteiger partial charge on any atom is -0.368 e. The zero-order valence-corrected chi connectivity index (χ0v) is 13.2. The summed E-state index contributed by atoms with van der Waals surface area (Å²) >= 11 is 0. The van der Waals surface area contributed by atoms with Gasteiger partial charge >= 0.3 is 0 Å². The summed E-state index contributed by atoms with van der Waals surface area (Å²) in [6.07, 6.45) is 4.48. The van der Waals surface area contributed by atoms with Gasteiger partial charge in [-0.1, -0.05) is 0 Å². The van der Waals surface area contributed by atoms with E-state index in [1.54, 1.807) is 9.21 Å². The molecule has 0 aliphatic carbocycles. The molecular weight excluding hydrogens is 292 g/mol. The Morgan fingerprint density at radius 2 is 1.62 bits per heavy atom. The van der Waals surface area contributed by atoms with Gasteiger partial charge in [0, 0.05) is 32.8 Å². The smallest absolute Gasteiger partial charge is 0.251 e. The Bertz CT molecular complexity index is 473. The predicted molar refractivity (Wildman–Crippen MR) is 78.3 cm³/mol. The van der Waals surface area contributed by atoms with Crippen molar-refractivity contribution in [1.29, 1.82) is 0 Å². The minimum atomic E-state index is -3.17. The fraction of sp³-hybridized carbons (Fsp3) is 0.929. The van der Waals surface area contributed by atoms with Gasteiger partial charge in [0.05, 0.1) is 5.25 Å². The van der Waals surface area contributed by atoms with Crippen LogP contribution in [0.4, 0.5) is 0 Å². The molecule has 0 N–H and O–H groups in total. The molecule has 1 atom stereocenters. The number of sulfonamides is 1. The molecule has 0 unspecified atom stereocenters. The van der Waals surface area contributed by atoms with Crippen LogP contribution >= 0.6 is 0 Å². The number of carbonyl (C=O) groups excluding carboxylic acids is 1. The third-order valence-electron chi connectivity index (χ3n) is 4.80. The standard InChI is InChI=1S/C14H24N2O4S/c17-14(13-4-3-11-20-13)15-9-5-12(6-10-15)21(18,19)16-7-1-2-8-16/h12-13H,1-11H2/t13-/m1/s1. The van der Waals surface area contributed by atoms with E-state index in [-0.39, 0.29) is 17.3 Å². The number of carbonyl (C=O) groups is 1. The maximum Gasteiger partial charge on any atom is 0.251 e. The van der Waals surface area contributed by atoms with E-state index in [0.29, 0.717) is 45.6 Å². The van der Waals surface area contributed by atoms with E-state index in [4.69, 9.17) is 4.74 Å². The summed E-state index contributed by atoms with van der Waals surface area (Å²) in [5.41, 5.74) is 0. The second-order valence-electron chi connectivity index (χ2n) is 6.18. The number of amides is 1. The van der Waals surface area contributed by atoms with Crippen molar-refractivity contribution in [3.05, 3.63) is 0 Å². The van der Waals surface area contributed by atoms with Gasteiger partial charge in [-0.15, -0.1) is 0 Å². The second kappa shape index (κ2) is 6.22. The van der Waals surface area contributed by atoms with Gasteiger partial charge in [-0.2, -0.15) is 0 Å². The van der Waals surface area contributed by atoms with Crippen molar-refractivity contribution < 1.29 is 17.9 Å². The zero-order valence-electron chi connectivity index (χ0n) is 12.4. The molecule has 120 valence electrons. The van der Waals surface area contributed by atoms with Crippen LogP contribution < -0.4 is 0 Å². The third-order valence-corrected chi connectivity index (χ3v) is 7.20. The Kier molecular flexibility index (Phi) is 4.51. The Morgan fingerprint density at radius 3 is 2.19 bits per heavy atom. The molecule has 3 aliphatic rings. The molecule has 0 aromatic carbocycles. The SMILES string of the molecule is O=C([C@H]1CCCO1)N1CCC(S(=O)(=O)N2CCCC2)CC1. The van der Waals surface area contributed by atoms with Crippen LogP contribution in [0.3, 0.4) is 0 Å². The first kappa shape index (κ1) is 15.2. The average molecular weight is 316 g/mol. The van der Waals surface area contributed by atoms with Crippen molar-refractivity contribution in [1.82, 2.24) is 9.21 Å². The molecule has 3 heterocycles. The first-order valence-electron chi connectivity index (χ1n) is 7.98. The van der Waals surface area contributed by atoms with Crippen LogP contribution in [-0.2, 0) is 19.6 Å². The van der Waals surface area contributed by atoms with E-state index < -0.39 is 10.0 Å². The highest BCUT2D eigenvalue weighted by Gasteiger charge is 2.38. The van der Waals surface area contributed by atoms with E-state index in [1.807, 2.05) is 0 Å². The highest BCUT2D eigenvalue weighted by molar-refractivity contribution is 7.89. The number of likely N-dealkylation sites (tertiary alicyclic amines) is 1. The lowest BCUT2D eigenvalue weighted by atomic mass is 10.1. The number of hydrogen-bond acceptors (Lipinski definition) is 4. The molecule has 0 saturated carbocycles. The van der Waals surface area contributed by atoms with Gasteiger partial charge in [-0.25, -0.2) is 12.7 Å². The summed E-state index contributed by atoms with van der Waals surface area (Å²) < 4.78 is 32.1. The molecule has 3 aliphatic heterocycles. The van der Waals surface area contributed by atoms with Crippen LogP contribution in [0.1, 0.15) is 38.5 Å². The van der Waals surface area contributed by atoms with Crippen molar-refractivity contribution in [2.24, 2.45) is 0 Å². The third kappa shape index (κ3) is 3.10. The summed E-state index contributed by atoms with van der Waals surface area (Å²) in [5, 5.41) is -0.316. The van der Waals surface area contributed by atoms with E-state index in [0.717, 1.165) is 25.7 Å². The van der Waals surface area contributed by atoms with Crippen LogP contribution in [0.5, 0.6) is 0 Å². The highest BCUT2D eigenvalue weighted by atomic mass is 32.2. The maximum atomic E-state index is 12.5. The van der Waals surface area contributed by atoms with Gasteiger partial charge in [0.1, 0.15) is 6.10 Å². The van der Waals surface area contributed by atoms with Gasteiger partial charge in [0.15, 0.2) is 0 Å². The van der Waals surface area contributed by atoms with Crippen LogP contribution in [0, 0.1) is 0 Å². The molecule has 3 saturated heterocycles. The van der Waals surface area contributed by atoms with E-state index in [1.165, 1.54) is 0 Å². The van der Waals surface area contributed by atoms with Crippen LogP contribution in [-0.4, -0.2) is 67.7 Å². The van der Waals surface area contributed by atoms with Gasteiger partial charge < -0.3 is 9.64 Å². The number of ether oxygens (including phenoxy) is 1. The Morgan fingerprint density at radius 1 is 0.952 bits per heavy atom. The van der Waals surface area contributed by atoms with Crippen molar-refractivity contribution in [3.8, 4) is 0 Å². The molecule has 0 aromatic heterocycles. The second-order valence-corrected chi connectivity index (χ2v) is 8.39. The molecule has 1 amide bonds. The Balaban J connectivity index is 1.56. The number of nitrogens with zero attached hydrogens (tertiary/aromatic N) is 2. The molecule has 0 aromatic rings. The predicted octanol–water partition coefficient (Wildman–Crippen LogP) is 0.582. The van der Waals surface area contributed by atoms with E-state index in [2.05, 4.69) is 0 Å². The fourth-order valence-electron chi connectivity index (χ4n) is 3.50. The van der Waals surface area contributed by atoms with Crippen molar-refractivity contribution in [3.63, 3.8) is 0 Å². The topological polar surface area (TPSA) is 66.9 Å². The van der Waals surface area contributed by atoms with Crippen LogP contribution in [0.15, 0.2) is 0 Å². The average Bonchev–Trinajstić information content (AvgIpc) is 3.19. The Labute approximate surface area is 126 Å². The first-order chi connectivity index (χ1) is 10.1. The summed E-state index contributed by atoms with van der Waals surface area (Å²) in [6, 6.07) is 0. The van der Waals surface area contributed by atoms with Gasteiger partial charge in [-0.3, -0.25) is 4.79 Å². The van der Waals surface area contributed by atoms with Gasteiger partial charge in [-0.05, 0) is 38.5 Å². The van der Waals surface area contributed by atoms with Crippen LogP contribution in [0.25, 0.3) is 0 Å². The molecular formula is C14H24N2O4S. The number of hydrogen-bond donors (Lipinski definition) is 0. The van der Waals surface area contributed by atoms with Gasteiger partial charge in [0.25, 0.3) is 5.91 Å². The summed E-state index contributed by atoms with van der Waals surface area (Å²) in [6.45, 7) is 3.07. The molecule has 7 heteroatoms. The monoisotopic (exact) mass is 316 g/mol. The highest BCUT2D eigenvalue weighted by Crippen LogP contribution is 2.25. The quantitative estimate of drug-likeness (QED) is 0.764.